The highest BCUT2D eigenvalue weighted by molar-refractivity contribution is 7.92. The summed E-state index contributed by atoms with van der Waals surface area (Å²) in [4.78, 5) is 28.6. The number of unbranched alkanes of at least 4 members (excludes halogenated alkanes) is 1. The first-order valence-corrected chi connectivity index (χ1v) is 15.7. The third-order valence-corrected chi connectivity index (χ3v) is 9.55. The fourth-order valence-electron chi connectivity index (χ4n) is 4.22. The van der Waals surface area contributed by atoms with Gasteiger partial charge in [-0.25, -0.2) is 8.42 Å². The van der Waals surface area contributed by atoms with Gasteiger partial charge < -0.3 is 10.2 Å². The van der Waals surface area contributed by atoms with Gasteiger partial charge >= 0.3 is 0 Å². The van der Waals surface area contributed by atoms with E-state index in [-0.39, 0.29) is 17.3 Å². The van der Waals surface area contributed by atoms with E-state index in [0.29, 0.717) is 27.8 Å². The van der Waals surface area contributed by atoms with E-state index in [0.717, 1.165) is 33.8 Å². The van der Waals surface area contributed by atoms with Gasteiger partial charge in [-0.1, -0.05) is 66.4 Å². The second-order valence-corrected chi connectivity index (χ2v) is 12.8. The molecule has 0 bridgehead atoms. The third kappa shape index (κ3) is 8.03. The molecule has 220 valence electrons. The molecular formula is C31H37Cl2N3O4S. The minimum absolute atomic E-state index is 0.0557. The Kier molecular flexibility index (Phi) is 11.2. The quantitative estimate of drug-likeness (QED) is 0.237. The zero-order valence-corrected chi connectivity index (χ0v) is 26.4. The summed E-state index contributed by atoms with van der Waals surface area (Å²) in [6.07, 6.45) is 1.69. The van der Waals surface area contributed by atoms with Gasteiger partial charge in [0.1, 0.15) is 12.6 Å². The fraction of sp³-hybridized carbons (Fsp3) is 0.355. The van der Waals surface area contributed by atoms with E-state index in [2.05, 4.69) is 5.32 Å². The maximum Gasteiger partial charge on any atom is 0.264 e. The molecule has 0 aliphatic carbocycles. The summed E-state index contributed by atoms with van der Waals surface area (Å²) in [5.74, 6) is -0.929. The van der Waals surface area contributed by atoms with Crippen LogP contribution in [0, 0.1) is 20.8 Å². The lowest BCUT2D eigenvalue weighted by Crippen LogP contribution is -2.51. The van der Waals surface area contributed by atoms with Crippen LogP contribution in [0.25, 0.3) is 0 Å². The highest BCUT2D eigenvalue weighted by Gasteiger charge is 2.33. The van der Waals surface area contributed by atoms with Crippen LogP contribution in [0.15, 0.2) is 65.6 Å². The van der Waals surface area contributed by atoms with E-state index in [9.17, 15) is 18.0 Å². The smallest absolute Gasteiger partial charge is 0.264 e. The van der Waals surface area contributed by atoms with Gasteiger partial charge in [0.15, 0.2) is 0 Å². The van der Waals surface area contributed by atoms with Crippen molar-refractivity contribution in [3.8, 4) is 0 Å². The molecule has 0 aliphatic rings. The maximum absolute atomic E-state index is 14.1. The van der Waals surface area contributed by atoms with Gasteiger partial charge in [0.2, 0.25) is 11.8 Å². The van der Waals surface area contributed by atoms with Crippen LogP contribution < -0.4 is 9.62 Å². The largest absolute Gasteiger partial charge is 0.354 e. The zero-order valence-electron chi connectivity index (χ0n) is 24.1. The molecule has 0 saturated carbocycles. The predicted octanol–water partition coefficient (Wildman–Crippen LogP) is 6.45. The lowest BCUT2D eigenvalue weighted by Gasteiger charge is -2.32. The molecule has 3 aromatic carbocycles. The Morgan fingerprint density at radius 1 is 0.927 bits per heavy atom. The Labute approximate surface area is 253 Å². The first-order chi connectivity index (χ1) is 19.4. The number of hydrogen-bond donors (Lipinski definition) is 1. The first-order valence-electron chi connectivity index (χ1n) is 13.5. The molecule has 0 heterocycles. The number of carbonyl (C=O) groups is 2. The van der Waals surface area contributed by atoms with Crippen LogP contribution in [-0.2, 0) is 26.2 Å². The second-order valence-electron chi connectivity index (χ2n) is 10.1. The number of rotatable bonds is 12. The molecule has 41 heavy (non-hydrogen) atoms. The number of hydrogen-bond acceptors (Lipinski definition) is 4. The SMILES string of the molecule is CCCCNC(=O)[C@@H](C)N(Cc1c(Cl)cccc1Cl)C(=O)CN(c1ccc(C)c(C)c1)S(=O)(=O)c1ccc(C)cc1. The molecule has 1 atom stereocenters. The molecule has 0 aromatic heterocycles. The Morgan fingerprint density at radius 3 is 2.15 bits per heavy atom. The summed E-state index contributed by atoms with van der Waals surface area (Å²) >= 11 is 12.9. The topological polar surface area (TPSA) is 86.8 Å². The molecule has 0 saturated heterocycles. The minimum atomic E-state index is -4.15. The normalized spacial score (nSPS) is 12.1. The van der Waals surface area contributed by atoms with E-state index in [1.54, 1.807) is 49.4 Å². The summed E-state index contributed by atoms with van der Waals surface area (Å²) in [5.41, 5.74) is 3.58. The molecule has 0 unspecified atom stereocenters. The predicted molar refractivity (Wildman–Crippen MR) is 166 cm³/mol. The fourth-order valence-corrected chi connectivity index (χ4v) is 6.14. The molecule has 0 spiro atoms. The van der Waals surface area contributed by atoms with Crippen molar-refractivity contribution in [1.29, 1.82) is 0 Å². The number of amides is 2. The van der Waals surface area contributed by atoms with Crippen molar-refractivity contribution in [2.75, 3.05) is 17.4 Å². The zero-order chi connectivity index (χ0) is 30.3. The lowest BCUT2D eigenvalue weighted by atomic mass is 10.1. The van der Waals surface area contributed by atoms with Crippen molar-refractivity contribution in [1.82, 2.24) is 10.2 Å². The van der Waals surface area contributed by atoms with Gasteiger partial charge in [0.05, 0.1) is 10.6 Å². The molecule has 2 amide bonds. The van der Waals surface area contributed by atoms with Crippen LogP contribution in [0.2, 0.25) is 10.0 Å². The van der Waals surface area contributed by atoms with Crippen molar-refractivity contribution in [3.63, 3.8) is 0 Å². The molecule has 1 N–H and O–H groups in total. The highest BCUT2D eigenvalue weighted by atomic mass is 35.5. The van der Waals surface area contributed by atoms with Gasteiger partial charge in [0.25, 0.3) is 10.0 Å². The Morgan fingerprint density at radius 2 is 1.56 bits per heavy atom. The monoisotopic (exact) mass is 617 g/mol. The molecule has 7 nitrogen and oxygen atoms in total. The summed E-state index contributed by atoms with van der Waals surface area (Å²) in [7, 11) is -4.15. The van der Waals surface area contributed by atoms with Crippen LogP contribution >= 0.6 is 23.2 Å². The average molecular weight is 619 g/mol. The van der Waals surface area contributed by atoms with Crippen LogP contribution in [0.1, 0.15) is 48.9 Å². The maximum atomic E-state index is 14.1. The number of nitrogens with zero attached hydrogens (tertiary/aromatic N) is 2. The van der Waals surface area contributed by atoms with E-state index in [4.69, 9.17) is 23.2 Å². The van der Waals surface area contributed by atoms with Crippen LogP contribution in [0.3, 0.4) is 0 Å². The Bertz CT molecular complexity index is 1470. The average Bonchev–Trinajstić information content (AvgIpc) is 2.93. The van der Waals surface area contributed by atoms with Gasteiger partial charge in [-0.15, -0.1) is 0 Å². The van der Waals surface area contributed by atoms with Crippen molar-refractivity contribution < 1.29 is 18.0 Å². The number of nitrogens with one attached hydrogen (secondary N) is 1. The molecular weight excluding hydrogens is 581 g/mol. The van der Waals surface area contributed by atoms with Crippen molar-refractivity contribution in [2.24, 2.45) is 0 Å². The number of carbonyl (C=O) groups excluding carboxylic acids is 2. The standard InChI is InChI=1S/C31H37Cl2N3O4S/c1-6-7-17-34-31(38)24(5)35(19-27-28(32)9-8-10-29(27)33)30(37)20-36(25-14-13-22(3)23(4)18-25)41(39,40)26-15-11-21(2)12-16-26/h8-16,18,24H,6-7,17,19-20H2,1-5H3,(H,34,38)/t24-/m1/s1. The van der Waals surface area contributed by atoms with Crippen LogP contribution in [-0.4, -0.2) is 44.3 Å². The number of aryl methyl sites for hydroxylation is 3. The van der Waals surface area contributed by atoms with E-state index < -0.39 is 28.5 Å². The van der Waals surface area contributed by atoms with Crippen molar-refractivity contribution in [3.05, 3.63) is 93.0 Å². The Balaban J connectivity index is 2.06. The number of halogens is 2. The summed E-state index contributed by atoms with van der Waals surface area (Å²) in [6.45, 7) is 9.15. The molecule has 0 radical (unpaired) electrons. The number of anilines is 1. The number of sulfonamides is 1. The first kappa shape index (κ1) is 32.4. The number of benzene rings is 3. The van der Waals surface area contributed by atoms with Crippen LogP contribution in [0.5, 0.6) is 0 Å². The van der Waals surface area contributed by atoms with E-state index in [1.165, 1.54) is 17.0 Å². The van der Waals surface area contributed by atoms with Crippen LogP contribution in [0.4, 0.5) is 5.69 Å². The molecule has 3 rings (SSSR count). The van der Waals surface area contributed by atoms with Gasteiger partial charge in [-0.3, -0.25) is 13.9 Å². The van der Waals surface area contributed by atoms with E-state index >= 15 is 0 Å². The highest BCUT2D eigenvalue weighted by Crippen LogP contribution is 2.29. The molecule has 0 fully saturated rings. The second kappa shape index (κ2) is 14.2. The third-order valence-electron chi connectivity index (χ3n) is 7.05. The molecule has 10 heteroatoms. The minimum Gasteiger partial charge on any atom is -0.354 e. The van der Waals surface area contributed by atoms with Gasteiger partial charge in [-0.2, -0.15) is 0 Å². The summed E-state index contributed by atoms with van der Waals surface area (Å²) < 4.78 is 29.0. The molecule has 0 aliphatic heterocycles. The van der Waals surface area contributed by atoms with Crippen molar-refractivity contribution in [2.45, 2.75) is 64.9 Å². The van der Waals surface area contributed by atoms with Gasteiger partial charge in [-0.05, 0) is 81.6 Å². The Hall–Kier alpha value is -3.07. The van der Waals surface area contributed by atoms with Crippen molar-refractivity contribution >= 4 is 50.7 Å². The lowest BCUT2D eigenvalue weighted by molar-refractivity contribution is -0.139. The van der Waals surface area contributed by atoms with Gasteiger partial charge in [0, 0.05) is 28.7 Å². The summed E-state index contributed by atoms with van der Waals surface area (Å²) in [5, 5.41) is 3.54. The van der Waals surface area contributed by atoms with E-state index in [1.807, 2.05) is 33.8 Å². The summed E-state index contributed by atoms with van der Waals surface area (Å²) in [6, 6.07) is 15.8. The molecule has 3 aromatic rings.